The Kier molecular flexibility index (Phi) is 9.30. The second kappa shape index (κ2) is 9.64. The smallest absolute Gasteiger partial charge is 0.218 e. The lowest BCUT2D eigenvalue weighted by Gasteiger charge is -2.18. The molecule has 0 fully saturated rings. The molecule has 0 heterocycles. The van der Waals surface area contributed by atoms with Crippen LogP contribution in [-0.4, -0.2) is 18.0 Å². The van der Waals surface area contributed by atoms with E-state index in [1.54, 1.807) is 0 Å². The molecule has 0 aromatic rings. The largest absolute Gasteiger partial charge is 0.370 e. The number of primary amides is 1. The third kappa shape index (κ3) is 9.97. The van der Waals surface area contributed by atoms with Crippen molar-refractivity contribution in [1.82, 2.24) is 5.32 Å². The van der Waals surface area contributed by atoms with Crippen LogP contribution < -0.4 is 11.1 Å². The van der Waals surface area contributed by atoms with Crippen molar-refractivity contribution in [2.75, 3.05) is 0 Å². The molecule has 0 saturated carbocycles. The van der Waals surface area contributed by atoms with Gasteiger partial charge >= 0.3 is 0 Å². The topological polar surface area (TPSA) is 55.1 Å². The molecule has 0 rings (SSSR count). The molecule has 0 aromatic heterocycles. The summed E-state index contributed by atoms with van der Waals surface area (Å²) < 4.78 is 0. The van der Waals surface area contributed by atoms with E-state index in [2.05, 4.69) is 19.2 Å². The van der Waals surface area contributed by atoms with Gasteiger partial charge in [0.2, 0.25) is 5.91 Å². The molecule has 0 aliphatic rings. The van der Waals surface area contributed by atoms with Crippen LogP contribution in [0.2, 0.25) is 0 Å². The first-order valence-corrected chi connectivity index (χ1v) is 6.60. The number of unbranched alkanes of at least 4 members (excludes halogenated alkanes) is 4. The van der Waals surface area contributed by atoms with Gasteiger partial charge in [-0.15, -0.1) is 0 Å². The fourth-order valence-electron chi connectivity index (χ4n) is 1.98. The summed E-state index contributed by atoms with van der Waals surface area (Å²) in [5.74, 6) is -0.227. The Morgan fingerprint density at radius 2 is 1.75 bits per heavy atom. The molecule has 0 spiro atoms. The minimum absolute atomic E-state index is 0.197. The first kappa shape index (κ1) is 15.4. The van der Waals surface area contributed by atoms with Crippen LogP contribution in [0, 0.1) is 0 Å². The molecule has 0 saturated heterocycles. The summed E-state index contributed by atoms with van der Waals surface area (Å²) in [6.07, 6.45) is 8.21. The average molecular weight is 228 g/mol. The quantitative estimate of drug-likeness (QED) is 0.565. The summed E-state index contributed by atoms with van der Waals surface area (Å²) >= 11 is 0. The Labute approximate surface area is 100 Å². The number of nitrogens with one attached hydrogen (secondary N) is 1. The highest BCUT2D eigenvalue weighted by molar-refractivity contribution is 5.74. The highest BCUT2D eigenvalue weighted by Crippen LogP contribution is 2.07. The summed E-state index contributed by atoms with van der Waals surface area (Å²) in [4.78, 5) is 10.7. The lowest BCUT2D eigenvalue weighted by atomic mass is 10.1. The fraction of sp³-hybridized carbons (Fsp3) is 0.923. The normalized spacial score (nSPS) is 14.7. The molecule has 0 aromatic carbocycles. The van der Waals surface area contributed by atoms with Gasteiger partial charge in [-0.3, -0.25) is 4.79 Å². The molecule has 3 heteroatoms. The summed E-state index contributed by atoms with van der Waals surface area (Å²) in [6.45, 7) is 6.42. The van der Waals surface area contributed by atoms with Crippen molar-refractivity contribution in [1.29, 1.82) is 0 Å². The molecular weight excluding hydrogens is 200 g/mol. The van der Waals surface area contributed by atoms with Crippen molar-refractivity contribution in [3.05, 3.63) is 0 Å². The maximum absolute atomic E-state index is 10.7. The molecule has 2 unspecified atom stereocenters. The third-order valence-electron chi connectivity index (χ3n) is 2.82. The van der Waals surface area contributed by atoms with Gasteiger partial charge in [-0.2, -0.15) is 0 Å². The van der Waals surface area contributed by atoms with Crippen molar-refractivity contribution < 1.29 is 4.79 Å². The Balaban J connectivity index is 3.42. The number of hydrogen-bond acceptors (Lipinski definition) is 2. The van der Waals surface area contributed by atoms with E-state index in [-0.39, 0.29) is 11.9 Å². The maximum Gasteiger partial charge on any atom is 0.218 e. The van der Waals surface area contributed by atoms with Crippen molar-refractivity contribution in [2.45, 2.75) is 77.8 Å². The molecule has 16 heavy (non-hydrogen) atoms. The first-order valence-electron chi connectivity index (χ1n) is 6.60. The van der Waals surface area contributed by atoms with Crippen molar-refractivity contribution >= 4 is 5.91 Å². The monoisotopic (exact) mass is 228 g/mol. The van der Waals surface area contributed by atoms with Crippen LogP contribution in [-0.2, 0) is 4.79 Å². The van der Waals surface area contributed by atoms with Gasteiger partial charge in [-0.05, 0) is 20.3 Å². The Bertz CT molecular complexity index is 183. The molecule has 0 aliphatic heterocycles. The molecular formula is C13H28N2O. The Morgan fingerprint density at radius 1 is 1.12 bits per heavy atom. The zero-order chi connectivity index (χ0) is 12.4. The number of rotatable bonds is 10. The van der Waals surface area contributed by atoms with E-state index in [0.29, 0.717) is 12.5 Å². The lowest BCUT2D eigenvalue weighted by Crippen LogP contribution is -2.37. The van der Waals surface area contributed by atoms with Gasteiger partial charge in [0.05, 0.1) is 0 Å². The molecule has 1 amide bonds. The minimum Gasteiger partial charge on any atom is -0.370 e. The molecule has 3 N–H and O–H groups in total. The number of nitrogens with two attached hydrogens (primary N) is 1. The van der Waals surface area contributed by atoms with Crippen LogP contribution in [0.5, 0.6) is 0 Å². The van der Waals surface area contributed by atoms with Crippen molar-refractivity contribution in [3.8, 4) is 0 Å². The second-order valence-electron chi connectivity index (χ2n) is 4.84. The predicted octanol–water partition coefficient (Wildman–Crippen LogP) is 2.59. The van der Waals surface area contributed by atoms with E-state index < -0.39 is 0 Å². The molecule has 3 nitrogen and oxygen atoms in total. The first-order chi connectivity index (χ1) is 7.56. The van der Waals surface area contributed by atoms with Gasteiger partial charge in [-0.1, -0.05) is 39.0 Å². The zero-order valence-electron chi connectivity index (χ0n) is 11.1. The minimum atomic E-state index is -0.227. The van der Waals surface area contributed by atoms with Gasteiger partial charge in [0.25, 0.3) is 0 Å². The van der Waals surface area contributed by atoms with E-state index in [1.165, 1.54) is 38.5 Å². The van der Waals surface area contributed by atoms with E-state index in [9.17, 15) is 4.79 Å². The third-order valence-corrected chi connectivity index (χ3v) is 2.82. The van der Waals surface area contributed by atoms with E-state index in [0.717, 1.165) is 0 Å². The van der Waals surface area contributed by atoms with Gasteiger partial charge in [-0.25, -0.2) is 0 Å². The van der Waals surface area contributed by atoms with Crippen LogP contribution in [0.4, 0.5) is 0 Å². The van der Waals surface area contributed by atoms with E-state index in [1.807, 2.05) is 6.92 Å². The van der Waals surface area contributed by atoms with Gasteiger partial charge < -0.3 is 11.1 Å². The summed E-state index contributed by atoms with van der Waals surface area (Å²) in [6, 6.07) is 0.680. The summed E-state index contributed by atoms with van der Waals surface area (Å²) in [7, 11) is 0. The van der Waals surface area contributed by atoms with Gasteiger partial charge in [0.1, 0.15) is 0 Å². The second-order valence-corrected chi connectivity index (χ2v) is 4.84. The lowest BCUT2D eigenvalue weighted by molar-refractivity contribution is -0.118. The molecule has 0 bridgehead atoms. The maximum atomic E-state index is 10.7. The zero-order valence-corrected chi connectivity index (χ0v) is 11.1. The number of carbonyl (C=O) groups is 1. The molecule has 2 atom stereocenters. The van der Waals surface area contributed by atoms with E-state index in [4.69, 9.17) is 5.73 Å². The number of amides is 1. The Morgan fingerprint density at radius 3 is 2.31 bits per heavy atom. The summed E-state index contributed by atoms with van der Waals surface area (Å²) in [5, 5.41) is 3.40. The number of hydrogen-bond donors (Lipinski definition) is 2. The van der Waals surface area contributed by atoms with Crippen LogP contribution in [0.3, 0.4) is 0 Å². The SMILES string of the molecule is CCCCCCCC(C)NC(C)CC(N)=O. The van der Waals surface area contributed by atoms with Crippen LogP contribution in [0.15, 0.2) is 0 Å². The Hall–Kier alpha value is -0.570. The predicted molar refractivity (Wildman–Crippen MR) is 69.2 cm³/mol. The van der Waals surface area contributed by atoms with Crippen molar-refractivity contribution in [3.63, 3.8) is 0 Å². The fourth-order valence-corrected chi connectivity index (χ4v) is 1.98. The van der Waals surface area contributed by atoms with Crippen LogP contribution in [0.1, 0.15) is 65.7 Å². The molecule has 0 radical (unpaired) electrons. The van der Waals surface area contributed by atoms with Gasteiger partial charge in [0, 0.05) is 18.5 Å². The van der Waals surface area contributed by atoms with Crippen LogP contribution >= 0.6 is 0 Å². The highest BCUT2D eigenvalue weighted by Gasteiger charge is 2.09. The molecule has 0 aliphatic carbocycles. The highest BCUT2D eigenvalue weighted by atomic mass is 16.1. The van der Waals surface area contributed by atoms with Crippen LogP contribution in [0.25, 0.3) is 0 Å². The number of carbonyl (C=O) groups excluding carboxylic acids is 1. The average Bonchev–Trinajstić information content (AvgIpc) is 2.15. The van der Waals surface area contributed by atoms with Gasteiger partial charge in [0.15, 0.2) is 0 Å². The standard InChI is InChI=1S/C13H28N2O/c1-4-5-6-7-8-9-11(2)15-12(3)10-13(14)16/h11-12,15H,4-10H2,1-3H3,(H2,14,16). The molecule has 96 valence electrons. The van der Waals surface area contributed by atoms with Crippen molar-refractivity contribution in [2.24, 2.45) is 5.73 Å². The van der Waals surface area contributed by atoms with E-state index >= 15 is 0 Å². The summed E-state index contributed by atoms with van der Waals surface area (Å²) in [5.41, 5.74) is 5.15.